The third-order valence-electron chi connectivity index (χ3n) is 6.78. The number of hydrogen-bond donors (Lipinski definition) is 1. The summed E-state index contributed by atoms with van der Waals surface area (Å²) in [5.41, 5.74) is 1.39. The summed E-state index contributed by atoms with van der Waals surface area (Å²) in [4.78, 5) is 29.4. The van der Waals surface area contributed by atoms with Crippen molar-refractivity contribution < 1.29 is 22.4 Å². The highest BCUT2D eigenvalue weighted by atomic mass is 35.5. The van der Waals surface area contributed by atoms with Crippen LogP contribution in [0.4, 0.5) is 10.1 Å². The Morgan fingerprint density at radius 3 is 2.07 bits per heavy atom. The summed E-state index contributed by atoms with van der Waals surface area (Å²) in [6.07, 6.45) is 0.151. The average molecular weight is 657 g/mol. The first kappa shape index (κ1) is 33.0. The zero-order chi connectivity index (χ0) is 31.9. The lowest BCUT2D eigenvalue weighted by Crippen LogP contribution is -2.54. The number of carbonyl (C=O) groups excluding carboxylic acids is 2. The Kier molecular flexibility index (Phi) is 11.0. The molecule has 0 aliphatic heterocycles. The Labute approximate surface area is 267 Å². The fraction of sp³-hybridized carbons (Fsp3) is 0.212. The van der Waals surface area contributed by atoms with Crippen molar-refractivity contribution in [3.8, 4) is 0 Å². The first-order chi connectivity index (χ1) is 21.0. The van der Waals surface area contributed by atoms with Crippen LogP contribution in [0.3, 0.4) is 0 Å². The quantitative estimate of drug-likeness (QED) is 0.189. The van der Waals surface area contributed by atoms with Crippen molar-refractivity contribution in [2.24, 2.45) is 0 Å². The number of nitrogens with one attached hydrogen (secondary N) is 1. The maximum atomic E-state index is 14.4. The maximum absolute atomic E-state index is 14.4. The van der Waals surface area contributed by atoms with Crippen molar-refractivity contribution in [1.82, 2.24) is 10.2 Å². The number of amides is 2. The molecule has 230 valence electrons. The second-order valence-corrected chi connectivity index (χ2v) is 13.1. The van der Waals surface area contributed by atoms with Gasteiger partial charge in [-0.3, -0.25) is 13.9 Å². The number of carbonyl (C=O) groups is 2. The van der Waals surface area contributed by atoms with Crippen molar-refractivity contribution in [1.29, 1.82) is 0 Å². The van der Waals surface area contributed by atoms with Crippen LogP contribution in [-0.4, -0.2) is 43.8 Å². The Bertz CT molecular complexity index is 1690. The molecule has 0 bridgehead atoms. The van der Waals surface area contributed by atoms with Crippen LogP contribution in [0.1, 0.15) is 25.0 Å². The van der Waals surface area contributed by atoms with E-state index < -0.39 is 40.2 Å². The van der Waals surface area contributed by atoms with Gasteiger partial charge in [-0.2, -0.15) is 0 Å². The number of rotatable bonds is 12. The van der Waals surface area contributed by atoms with Gasteiger partial charge in [-0.25, -0.2) is 12.8 Å². The van der Waals surface area contributed by atoms with Crippen molar-refractivity contribution in [2.45, 2.75) is 43.8 Å². The molecule has 1 N–H and O–H groups in total. The predicted octanol–water partition coefficient (Wildman–Crippen LogP) is 6.49. The van der Waals surface area contributed by atoms with E-state index in [1.54, 1.807) is 30.3 Å². The highest BCUT2D eigenvalue weighted by Gasteiger charge is 2.35. The molecule has 0 aliphatic rings. The molecule has 7 nitrogen and oxygen atoms in total. The number of benzene rings is 4. The van der Waals surface area contributed by atoms with Gasteiger partial charge in [0.15, 0.2) is 0 Å². The molecule has 4 aromatic rings. The van der Waals surface area contributed by atoms with E-state index in [0.717, 1.165) is 22.0 Å². The molecule has 0 saturated heterocycles. The van der Waals surface area contributed by atoms with Gasteiger partial charge < -0.3 is 10.2 Å². The third-order valence-corrected chi connectivity index (χ3v) is 9.16. The SMILES string of the molecule is CC(C)NC(=O)[C@@H](Cc1ccccc1)N(Cc1ccc(Cl)cc1Cl)C(=O)CN(c1ccc(F)cc1)S(=O)(=O)c1ccccc1. The molecule has 2 amide bonds. The minimum absolute atomic E-state index is 0.0530. The molecule has 1 atom stereocenters. The van der Waals surface area contributed by atoms with Crippen molar-refractivity contribution in [2.75, 3.05) is 10.8 Å². The molecule has 0 aliphatic carbocycles. The van der Waals surface area contributed by atoms with Gasteiger partial charge in [0.2, 0.25) is 11.8 Å². The van der Waals surface area contributed by atoms with Gasteiger partial charge in [0.25, 0.3) is 10.0 Å². The first-order valence-corrected chi connectivity index (χ1v) is 16.1. The highest BCUT2D eigenvalue weighted by molar-refractivity contribution is 7.92. The number of hydrogen-bond acceptors (Lipinski definition) is 4. The molecule has 4 rings (SSSR count). The lowest BCUT2D eigenvalue weighted by molar-refractivity contribution is -0.140. The van der Waals surface area contributed by atoms with Crippen LogP contribution >= 0.6 is 23.2 Å². The third kappa shape index (κ3) is 8.37. The molecule has 0 aromatic heterocycles. The summed E-state index contributed by atoms with van der Waals surface area (Å²) in [5, 5.41) is 3.57. The number of anilines is 1. The second-order valence-electron chi connectivity index (χ2n) is 10.4. The lowest BCUT2D eigenvalue weighted by atomic mass is 10.0. The largest absolute Gasteiger partial charge is 0.352 e. The van der Waals surface area contributed by atoms with Gasteiger partial charge >= 0.3 is 0 Å². The molecule has 0 unspecified atom stereocenters. The summed E-state index contributed by atoms with van der Waals surface area (Å²) in [6, 6.07) is 25.2. The van der Waals surface area contributed by atoms with E-state index in [9.17, 15) is 22.4 Å². The Hall–Kier alpha value is -3.92. The summed E-state index contributed by atoms with van der Waals surface area (Å²) < 4.78 is 42.6. The normalized spacial score (nSPS) is 12.0. The number of sulfonamides is 1. The average Bonchev–Trinajstić information content (AvgIpc) is 2.99. The van der Waals surface area contributed by atoms with E-state index in [-0.39, 0.29) is 34.6 Å². The first-order valence-electron chi connectivity index (χ1n) is 13.9. The van der Waals surface area contributed by atoms with Crippen LogP contribution in [-0.2, 0) is 32.6 Å². The maximum Gasteiger partial charge on any atom is 0.264 e. The van der Waals surface area contributed by atoms with E-state index in [4.69, 9.17) is 23.2 Å². The predicted molar refractivity (Wildman–Crippen MR) is 172 cm³/mol. The molecule has 0 spiro atoms. The zero-order valence-corrected chi connectivity index (χ0v) is 26.5. The lowest BCUT2D eigenvalue weighted by Gasteiger charge is -2.34. The van der Waals surface area contributed by atoms with E-state index in [0.29, 0.717) is 10.6 Å². The molecular weight excluding hydrogens is 624 g/mol. The van der Waals surface area contributed by atoms with Gasteiger partial charge in [0, 0.05) is 29.1 Å². The molecule has 0 fully saturated rings. The Balaban J connectivity index is 1.81. The van der Waals surface area contributed by atoms with Crippen molar-refractivity contribution in [3.05, 3.63) is 130 Å². The van der Waals surface area contributed by atoms with Crippen LogP contribution in [0, 0.1) is 5.82 Å². The fourth-order valence-electron chi connectivity index (χ4n) is 4.62. The molecule has 11 heteroatoms. The van der Waals surface area contributed by atoms with Crippen LogP contribution in [0.5, 0.6) is 0 Å². The van der Waals surface area contributed by atoms with Gasteiger partial charge in [0.05, 0.1) is 10.6 Å². The van der Waals surface area contributed by atoms with E-state index in [2.05, 4.69) is 5.32 Å². The van der Waals surface area contributed by atoms with Crippen LogP contribution in [0.25, 0.3) is 0 Å². The molecule has 0 heterocycles. The molecule has 0 radical (unpaired) electrons. The standard InChI is InChI=1S/C33H32Cl2FN3O4S/c1-23(2)37-33(41)31(19-24-9-5-3-6-10-24)38(21-25-13-14-26(34)20-30(25)35)32(40)22-39(28-17-15-27(36)16-18-28)44(42,43)29-11-7-4-8-12-29/h3-18,20,23,31H,19,21-22H2,1-2H3,(H,37,41)/t31-/m1/s1. The van der Waals surface area contributed by atoms with E-state index in [1.807, 2.05) is 44.2 Å². The highest BCUT2D eigenvalue weighted by Crippen LogP contribution is 2.27. The molecule has 44 heavy (non-hydrogen) atoms. The summed E-state index contributed by atoms with van der Waals surface area (Å²) in [6.45, 7) is 2.83. The van der Waals surface area contributed by atoms with Gasteiger partial charge in [-0.15, -0.1) is 0 Å². The summed E-state index contributed by atoms with van der Waals surface area (Å²) in [7, 11) is -4.29. The van der Waals surface area contributed by atoms with Gasteiger partial charge in [-0.1, -0.05) is 77.8 Å². The zero-order valence-electron chi connectivity index (χ0n) is 24.2. The van der Waals surface area contributed by atoms with E-state index in [1.165, 1.54) is 35.2 Å². The van der Waals surface area contributed by atoms with Gasteiger partial charge in [0.1, 0.15) is 18.4 Å². The van der Waals surface area contributed by atoms with Crippen LogP contribution in [0.2, 0.25) is 10.0 Å². The number of nitrogens with zero attached hydrogens (tertiary/aromatic N) is 2. The van der Waals surface area contributed by atoms with Crippen molar-refractivity contribution >= 4 is 50.7 Å². The second kappa shape index (κ2) is 14.7. The topological polar surface area (TPSA) is 86.8 Å². The minimum atomic E-state index is -4.29. The smallest absolute Gasteiger partial charge is 0.264 e. The Morgan fingerprint density at radius 2 is 1.48 bits per heavy atom. The van der Waals surface area contributed by atoms with Crippen LogP contribution < -0.4 is 9.62 Å². The molecular formula is C33H32Cl2FN3O4S. The number of halogens is 3. The molecule has 0 saturated carbocycles. The van der Waals surface area contributed by atoms with Gasteiger partial charge in [-0.05, 0) is 73.5 Å². The van der Waals surface area contributed by atoms with E-state index >= 15 is 0 Å². The minimum Gasteiger partial charge on any atom is -0.352 e. The fourth-order valence-corrected chi connectivity index (χ4v) is 6.53. The summed E-state index contributed by atoms with van der Waals surface area (Å²) >= 11 is 12.6. The molecule has 4 aromatic carbocycles. The van der Waals surface area contributed by atoms with Crippen LogP contribution in [0.15, 0.2) is 108 Å². The monoisotopic (exact) mass is 655 g/mol. The summed E-state index contributed by atoms with van der Waals surface area (Å²) in [5.74, 6) is -1.65. The van der Waals surface area contributed by atoms with Crippen molar-refractivity contribution in [3.63, 3.8) is 0 Å². The Morgan fingerprint density at radius 1 is 0.864 bits per heavy atom.